The Morgan fingerprint density at radius 3 is 2.18 bits per heavy atom. The number of amidine groups is 1. The van der Waals surface area contributed by atoms with Crippen molar-refractivity contribution in [2.45, 2.75) is 57.7 Å². The molecule has 2 saturated heterocycles. The van der Waals surface area contributed by atoms with Crippen LogP contribution in [0.2, 0.25) is 0 Å². The molecule has 0 saturated carbocycles. The molecular formula is C40H44N10O6. The van der Waals surface area contributed by atoms with Crippen LogP contribution in [0.1, 0.15) is 57.0 Å². The van der Waals surface area contributed by atoms with Crippen LogP contribution < -0.4 is 10.6 Å². The first-order chi connectivity index (χ1) is 27.2. The summed E-state index contributed by atoms with van der Waals surface area (Å²) in [6.45, 7) is 5.25. The number of fused-ring (bicyclic) bond motifs is 2. The molecule has 0 radical (unpaired) electrons. The van der Waals surface area contributed by atoms with Crippen molar-refractivity contribution in [1.82, 2.24) is 40.4 Å². The van der Waals surface area contributed by atoms with E-state index in [0.29, 0.717) is 37.7 Å². The molecule has 0 unspecified atom stereocenters. The zero-order chi connectivity index (χ0) is 39.1. The second kappa shape index (κ2) is 15.0. The van der Waals surface area contributed by atoms with Crippen LogP contribution in [0.5, 0.6) is 0 Å². The van der Waals surface area contributed by atoms with E-state index in [2.05, 4.69) is 66.7 Å². The summed E-state index contributed by atoms with van der Waals surface area (Å²) in [5.74, 6) is 1.01. The number of alkyl carbamates (subject to hydrolysis) is 2. The second-order valence-corrected chi connectivity index (χ2v) is 14.6. The monoisotopic (exact) mass is 760 g/mol. The molecule has 3 aliphatic rings. The van der Waals surface area contributed by atoms with Crippen molar-refractivity contribution in [1.29, 1.82) is 0 Å². The van der Waals surface area contributed by atoms with E-state index >= 15 is 0 Å². The number of nitrogens with one attached hydrogen (secondary N) is 5. The number of aromatic nitrogens is 4. The number of likely N-dealkylation sites (tertiary alicyclic amines) is 2. The molecule has 5 aromatic rings. The Morgan fingerprint density at radius 1 is 0.804 bits per heavy atom. The highest BCUT2D eigenvalue weighted by atomic mass is 16.5. The Labute approximate surface area is 322 Å². The standard InChI is InChI=1S/C40H44N10O6/c1-21(2)32(47-39(53)55-3)37(51)49-17-5-7-30(49)35-43-19-28(45-35)23-10-11-24(33-26(23)14-16-41-33)22-9-12-27(34-25(22)13-15-42-34)29-20-44-36(46-29)31-8-6-18-50(31)38(52)48-40(54)56-4/h9-16,19,21,30-32,41-42H,5-8,17-18,20H2,1-4H3,(H,43,45)(H,47,53)(H,48,52,54)/t30-,31-,32+/m1/s1. The molecular weight excluding hydrogens is 717 g/mol. The predicted octanol–water partition coefficient (Wildman–Crippen LogP) is 5.89. The zero-order valence-electron chi connectivity index (χ0n) is 31.6. The first kappa shape index (κ1) is 36.5. The van der Waals surface area contributed by atoms with E-state index in [1.54, 1.807) is 4.90 Å². The number of ether oxygens (including phenoxy) is 2. The normalized spacial score (nSPS) is 18.7. The molecule has 5 amide bonds. The molecule has 0 bridgehead atoms. The van der Waals surface area contributed by atoms with Gasteiger partial charge in [0.15, 0.2) is 0 Å². The van der Waals surface area contributed by atoms with Crippen molar-refractivity contribution in [3.8, 4) is 22.4 Å². The van der Waals surface area contributed by atoms with Gasteiger partial charge in [0.05, 0.1) is 61.5 Å². The summed E-state index contributed by atoms with van der Waals surface area (Å²) in [5, 5.41) is 7.00. The lowest BCUT2D eigenvalue weighted by Crippen LogP contribution is -2.51. The van der Waals surface area contributed by atoms with E-state index in [4.69, 9.17) is 19.7 Å². The number of aromatic amines is 3. The molecule has 2 aromatic carbocycles. The van der Waals surface area contributed by atoms with Gasteiger partial charge in [-0.1, -0.05) is 38.1 Å². The lowest BCUT2D eigenvalue weighted by Gasteiger charge is -2.30. The van der Waals surface area contributed by atoms with Crippen molar-refractivity contribution in [3.05, 3.63) is 66.4 Å². The van der Waals surface area contributed by atoms with E-state index in [1.165, 1.54) is 14.2 Å². The topological polar surface area (TPSA) is 202 Å². The maximum atomic E-state index is 13.7. The number of hydrogen-bond donors (Lipinski definition) is 5. The quantitative estimate of drug-likeness (QED) is 0.130. The van der Waals surface area contributed by atoms with E-state index in [0.717, 1.165) is 74.7 Å². The number of benzene rings is 2. The Hall–Kier alpha value is -6.45. The maximum absolute atomic E-state index is 13.7. The highest BCUT2D eigenvalue weighted by molar-refractivity contribution is 6.20. The average Bonchev–Trinajstić information content (AvgIpc) is 4.05. The Bertz CT molecular complexity index is 2410. The third-order valence-corrected chi connectivity index (χ3v) is 11.0. The molecule has 8 rings (SSSR count). The van der Waals surface area contributed by atoms with Gasteiger partial charge in [0.1, 0.15) is 17.7 Å². The van der Waals surface area contributed by atoms with Crippen molar-refractivity contribution >= 4 is 57.5 Å². The molecule has 5 N–H and O–H groups in total. The largest absolute Gasteiger partial charge is 0.453 e. The highest BCUT2D eigenvalue weighted by Gasteiger charge is 2.38. The van der Waals surface area contributed by atoms with E-state index in [9.17, 15) is 19.2 Å². The molecule has 3 aliphatic heterocycles. The molecule has 0 spiro atoms. The molecule has 56 heavy (non-hydrogen) atoms. The summed E-state index contributed by atoms with van der Waals surface area (Å²) in [4.78, 5) is 78.4. The smallest absolute Gasteiger partial charge is 0.415 e. The van der Waals surface area contributed by atoms with Crippen LogP contribution in [-0.4, -0.2) is 111 Å². The van der Waals surface area contributed by atoms with Crippen LogP contribution in [0, 0.1) is 5.92 Å². The number of hydrogen-bond acceptors (Lipinski definition) is 9. The molecule has 290 valence electrons. The second-order valence-electron chi connectivity index (χ2n) is 14.6. The third kappa shape index (κ3) is 6.54. The van der Waals surface area contributed by atoms with Gasteiger partial charge in [-0.25, -0.2) is 29.7 Å². The Kier molecular flexibility index (Phi) is 9.78. The van der Waals surface area contributed by atoms with Crippen molar-refractivity contribution in [2.24, 2.45) is 15.9 Å². The van der Waals surface area contributed by atoms with Crippen LogP contribution in [0.3, 0.4) is 0 Å². The zero-order valence-corrected chi connectivity index (χ0v) is 31.6. The number of methoxy groups -OCH3 is 2. The number of rotatable bonds is 8. The summed E-state index contributed by atoms with van der Waals surface area (Å²) in [6.07, 6.45) is 7.31. The van der Waals surface area contributed by atoms with Crippen LogP contribution in [0.15, 0.2) is 65.0 Å². The lowest BCUT2D eigenvalue weighted by atomic mass is 9.94. The van der Waals surface area contributed by atoms with Gasteiger partial charge in [0.25, 0.3) is 0 Å². The van der Waals surface area contributed by atoms with Gasteiger partial charge in [-0.3, -0.25) is 9.79 Å². The first-order valence-electron chi connectivity index (χ1n) is 18.9. The lowest BCUT2D eigenvalue weighted by molar-refractivity contribution is -0.135. The minimum atomic E-state index is -0.803. The van der Waals surface area contributed by atoms with Crippen LogP contribution in [0.25, 0.3) is 44.2 Å². The number of nitrogens with zero attached hydrogens (tertiary/aromatic N) is 5. The number of imidazole rings is 1. The molecule has 16 heteroatoms. The van der Waals surface area contributed by atoms with Crippen molar-refractivity contribution in [3.63, 3.8) is 0 Å². The molecule has 0 aliphatic carbocycles. The average molecular weight is 761 g/mol. The fourth-order valence-corrected chi connectivity index (χ4v) is 8.26. The van der Waals surface area contributed by atoms with E-state index < -0.39 is 24.3 Å². The van der Waals surface area contributed by atoms with Gasteiger partial charge >= 0.3 is 18.2 Å². The highest BCUT2D eigenvalue weighted by Crippen LogP contribution is 2.39. The number of amides is 5. The Morgan fingerprint density at radius 2 is 1.45 bits per heavy atom. The predicted molar refractivity (Wildman–Crippen MR) is 211 cm³/mol. The maximum Gasteiger partial charge on any atom is 0.415 e. The Balaban J connectivity index is 1.05. The molecule has 6 heterocycles. The van der Waals surface area contributed by atoms with Gasteiger partial charge in [-0.15, -0.1) is 0 Å². The van der Waals surface area contributed by atoms with Crippen molar-refractivity contribution in [2.75, 3.05) is 33.9 Å². The summed E-state index contributed by atoms with van der Waals surface area (Å²) in [5.41, 5.74) is 7.51. The van der Waals surface area contributed by atoms with Crippen LogP contribution in [0.4, 0.5) is 14.4 Å². The van der Waals surface area contributed by atoms with E-state index in [1.807, 2.05) is 37.3 Å². The van der Waals surface area contributed by atoms with Gasteiger partial charge < -0.3 is 39.5 Å². The van der Waals surface area contributed by atoms with Gasteiger partial charge in [0.2, 0.25) is 5.91 Å². The van der Waals surface area contributed by atoms with Gasteiger partial charge in [0, 0.05) is 52.9 Å². The minimum absolute atomic E-state index is 0.122. The molecule has 3 atom stereocenters. The third-order valence-electron chi connectivity index (χ3n) is 11.0. The number of aliphatic imine (C=N–C) groups is 2. The molecule has 3 aromatic heterocycles. The number of urea groups is 1. The van der Waals surface area contributed by atoms with Crippen molar-refractivity contribution < 1.29 is 28.7 Å². The number of carbonyl (C=O) groups excluding carboxylic acids is 4. The minimum Gasteiger partial charge on any atom is -0.453 e. The number of imide groups is 1. The molecule has 16 nitrogen and oxygen atoms in total. The first-order valence-corrected chi connectivity index (χ1v) is 18.9. The fourth-order valence-electron chi connectivity index (χ4n) is 8.26. The van der Waals surface area contributed by atoms with Gasteiger partial charge in [-0.2, -0.15) is 0 Å². The summed E-state index contributed by atoms with van der Waals surface area (Å²) in [6, 6.07) is 10.7. The summed E-state index contributed by atoms with van der Waals surface area (Å²) in [7, 11) is 2.51. The fraction of sp³-hybridized carbons (Fsp3) is 0.375. The summed E-state index contributed by atoms with van der Waals surface area (Å²) >= 11 is 0. The summed E-state index contributed by atoms with van der Waals surface area (Å²) < 4.78 is 9.38. The van der Waals surface area contributed by atoms with Gasteiger partial charge in [-0.05, 0) is 49.3 Å². The van der Waals surface area contributed by atoms with Crippen LogP contribution in [-0.2, 0) is 14.3 Å². The number of H-pyrrole nitrogens is 3. The van der Waals surface area contributed by atoms with Crippen LogP contribution >= 0.6 is 0 Å². The SMILES string of the molecule is COC(=O)NC(=O)N1CCC[C@@H]1C1=NCC(c2ccc(-c3ccc(-c4cnc([C@H]5CCCN5C(=O)[C@@H](NC(=O)OC)C(C)C)[nH]4)c4cc[nH]c34)c3cc[nH]c23)=N1. The van der Waals surface area contributed by atoms with E-state index in [-0.39, 0.29) is 23.9 Å². The number of carbonyl (C=O) groups is 4. The molecule has 2 fully saturated rings.